The Hall–Kier alpha value is -0.163. The van der Waals surface area contributed by atoms with Gasteiger partial charge < -0.3 is 8.85 Å². The van der Waals surface area contributed by atoms with Crippen LogP contribution in [-0.2, 0) is 8.85 Å². The molecule has 0 saturated heterocycles. The molecule has 0 N–H and O–H groups in total. The fourth-order valence-corrected chi connectivity index (χ4v) is 5.11. The van der Waals surface area contributed by atoms with Crippen LogP contribution in [0.1, 0.15) is 13.3 Å². The fraction of sp³-hybridized carbons (Fsp3) is 0.538. The molecule has 0 aromatic heterocycles. The third-order valence-electron chi connectivity index (χ3n) is 3.10. The minimum absolute atomic E-state index is 0.649. The Balaban J connectivity index is 2.82. The molecule has 17 heavy (non-hydrogen) atoms. The monoisotopic (exact) mass is 316 g/mol. The van der Waals surface area contributed by atoms with Crippen LogP contribution in [0.15, 0.2) is 30.3 Å². The summed E-state index contributed by atoms with van der Waals surface area (Å²) in [7, 11) is 1.31. The normalized spacial score (nSPS) is 13.6. The van der Waals surface area contributed by atoms with Gasteiger partial charge in [-0.25, -0.2) is 0 Å². The van der Waals surface area contributed by atoms with E-state index in [9.17, 15) is 0 Å². The summed E-state index contributed by atoms with van der Waals surface area (Å²) in [5.41, 5.74) is 0. The van der Waals surface area contributed by atoms with Gasteiger partial charge in [0.1, 0.15) is 0 Å². The Morgan fingerprint density at radius 3 is 2.24 bits per heavy atom. The van der Waals surface area contributed by atoms with E-state index in [1.165, 1.54) is 5.19 Å². The highest BCUT2D eigenvalue weighted by molar-refractivity contribution is 9.09. The molecule has 0 radical (unpaired) electrons. The third kappa shape index (κ3) is 3.91. The molecule has 0 saturated carbocycles. The van der Waals surface area contributed by atoms with Gasteiger partial charge in [-0.1, -0.05) is 53.2 Å². The van der Waals surface area contributed by atoms with Gasteiger partial charge in [0, 0.05) is 19.5 Å². The summed E-state index contributed by atoms with van der Waals surface area (Å²) >= 11 is 3.52. The predicted octanol–water partition coefficient (Wildman–Crippen LogP) is 3.05. The molecule has 0 fully saturated rings. The van der Waals surface area contributed by atoms with Gasteiger partial charge in [0.05, 0.1) is 0 Å². The molecule has 0 aliphatic rings. The zero-order valence-corrected chi connectivity index (χ0v) is 13.4. The maximum Gasteiger partial charge on any atom is 0.372 e. The highest BCUT2D eigenvalue weighted by Crippen LogP contribution is 2.19. The lowest BCUT2D eigenvalue weighted by Gasteiger charge is -2.28. The van der Waals surface area contributed by atoms with Crippen LogP contribution in [0, 0.1) is 5.92 Å². The first kappa shape index (κ1) is 14.9. The van der Waals surface area contributed by atoms with Crippen molar-refractivity contribution in [3.63, 3.8) is 0 Å². The molecule has 1 aromatic carbocycles. The predicted molar refractivity (Wildman–Crippen MR) is 78.2 cm³/mol. The largest absolute Gasteiger partial charge is 0.394 e. The van der Waals surface area contributed by atoms with Crippen molar-refractivity contribution in [2.45, 2.75) is 19.4 Å². The average Bonchev–Trinajstić information content (AvgIpc) is 2.41. The van der Waals surface area contributed by atoms with E-state index in [0.29, 0.717) is 5.92 Å². The first-order valence-corrected chi connectivity index (χ1v) is 9.05. The van der Waals surface area contributed by atoms with Crippen LogP contribution in [0.3, 0.4) is 0 Å². The molecule has 96 valence electrons. The van der Waals surface area contributed by atoms with Crippen LogP contribution in [0.5, 0.6) is 0 Å². The van der Waals surface area contributed by atoms with Gasteiger partial charge in [-0.05, 0) is 23.6 Å². The summed E-state index contributed by atoms with van der Waals surface area (Å²) in [6.45, 7) is 2.24. The van der Waals surface area contributed by atoms with Crippen molar-refractivity contribution in [3.8, 4) is 0 Å². The quantitative estimate of drug-likeness (QED) is 0.568. The molecule has 1 aromatic rings. The second-order valence-electron chi connectivity index (χ2n) is 4.33. The van der Waals surface area contributed by atoms with Crippen LogP contribution in [0.4, 0.5) is 0 Å². The number of benzene rings is 1. The minimum atomic E-state index is -2.22. The smallest absolute Gasteiger partial charge is 0.372 e. The number of halogens is 1. The molecule has 0 spiro atoms. The summed E-state index contributed by atoms with van der Waals surface area (Å²) in [5, 5.41) is 2.24. The van der Waals surface area contributed by atoms with Crippen molar-refractivity contribution in [1.82, 2.24) is 0 Å². The molecule has 0 bridgehead atoms. The van der Waals surface area contributed by atoms with Gasteiger partial charge in [-0.3, -0.25) is 0 Å². The first-order chi connectivity index (χ1) is 8.18. The van der Waals surface area contributed by atoms with E-state index in [4.69, 9.17) is 8.85 Å². The second kappa shape index (κ2) is 7.31. The Bertz CT molecular complexity index is 314. The molecule has 0 aliphatic carbocycles. The van der Waals surface area contributed by atoms with Gasteiger partial charge in [0.2, 0.25) is 0 Å². The van der Waals surface area contributed by atoms with E-state index < -0.39 is 8.56 Å². The van der Waals surface area contributed by atoms with E-state index in [2.05, 4.69) is 35.0 Å². The summed E-state index contributed by atoms with van der Waals surface area (Å²) in [4.78, 5) is 0. The number of hydrogen-bond donors (Lipinski definition) is 0. The molecular weight excluding hydrogens is 296 g/mol. The number of alkyl halides is 1. The van der Waals surface area contributed by atoms with Gasteiger partial charge in [-0.2, -0.15) is 0 Å². The Kier molecular flexibility index (Phi) is 6.41. The molecular formula is C13H21BrO2Si. The van der Waals surface area contributed by atoms with Gasteiger partial charge in [0.25, 0.3) is 0 Å². The zero-order chi connectivity index (χ0) is 12.7. The number of hydrogen-bond acceptors (Lipinski definition) is 2. The molecule has 2 nitrogen and oxygen atoms in total. The molecule has 0 aliphatic heterocycles. The zero-order valence-electron chi connectivity index (χ0n) is 10.8. The highest BCUT2D eigenvalue weighted by Gasteiger charge is 2.37. The van der Waals surface area contributed by atoms with Gasteiger partial charge >= 0.3 is 8.56 Å². The molecule has 0 heterocycles. The van der Waals surface area contributed by atoms with E-state index in [1.807, 2.05) is 18.2 Å². The molecule has 1 rings (SSSR count). The Morgan fingerprint density at radius 2 is 1.76 bits per heavy atom. The van der Waals surface area contributed by atoms with E-state index in [0.717, 1.165) is 17.8 Å². The number of rotatable bonds is 7. The van der Waals surface area contributed by atoms with Crippen LogP contribution in [0.2, 0.25) is 6.04 Å². The Labute approximate surface area is 114 Å². The standard InChI is InChI=1S/C13H21BrO2Si/c1-12(11-14)9-10-17(15-2,16-3)13-7-5-4-6-8-13/h4-8,12H,9-11H2,1-3H3. The Morgan fingerprint density at radius 1 is 1.18 bits per heavy atom. The molecule has 1 unspecified atom stereocenters. The summed E-state index contributed by atoms with van der Waals surface area (Å²) < 4.78 is 11.5. The lowest BCUT2D eigenvalue weighted by molar-refractivity contribution is 0.254. The third-order valence-corrected chi connectivity index (χ3v) is 7.69. The van der Waals surface area contributed by atoms with Crippen molar-refractivity contribution in [1.29, 1.82) is 0 Å². The lowest BCUT2D eigenvalue weighted by atomic mass is 10.2. The summed E-state index contributed by atoms with van der Waals surface area (Å²) in [6, 6.07) is 11.3. The van der Waals surface area contributed by atoms with Gasteiger partial charge in [-0.15, -0.1) is 0 Å². The van der Waals surface area contributed by atoms with Crippen LogP contribution >= 0.6 is 15.9 Å². The van der Waals surface area contributed by atoms with Crippen molar-refractivity contribution in [2.75, 3.05) is 19.5 Å². The van der Waals surface area contributed by atoms with E-state index in [-0.39, 0.29) is 0 Å². The van der Waals surface area contributed by atoms with Crippen molar-refractivity contribution < 1.29 is 8.85 Å². The topological polar surface area (TPSA) is 18.5 Å². The second-order valence-corrected chi connectivity index (χ2v) is 8.37. The summed E-state index contributed by atoms with van der Waals surface area (Å²) in [6.07, 6.45) is 1.12. The maximum atomic E-state index is 5.77. The van der Waals surface area contributed by atoms with Crippen molar-refractivity contribution >= 4 is 29.7 Å². The molecule has 0 amide bonds. The first-order valence-electron chi connectivity index (χ1n) is 5.90. The summed E-state index contributed by atoms with van der Waals surface area (Å²) in [5.74, 6) is 0.649. The molecule has 1 atom stereocenters. The van der Waals surface area contributed by atoms with Crippen molar-refractivity contribution in [3.05, 3.63) is 30.3 Å². The minimum Gasteiger partial charge on any atom is -0.394 e. The van der Waals surface area contributed by atoms with Crippen LogP contribution in [0.25, 0.3) is 0 Å². The average molecular weight is 317 g/mol. The maximum absolute atomic E-state index is 5.77. The van der Waals surface area contributed by atoms with Crippen LogP contribution < -0.4 is 5.19 Å². The lowest BCUT2D eigenvalue weighted by Crippen LogP contribution is -2.52. The highest BCUT2D eigenvalue weighted by atomic mass is 79.9. The SMILES string of the molecule is CO[Si](CCC(C)CBr)(OC)c1ccccc1. The van der Waals surface area contributed by atoms with Gasteiger partial charge in [0.15, 0.2) is 0 Å². The van der Waals surface area contributed by atoms with Crippen LogP contribution in [-0.4, -0.2) is 28.1 Å². The fourth-order valence-electron chi connectivity index (χ4n) is 1.87. The van der Waals surface area contributed by atoms with E-state index >= 15 is 0 Å². The van der Waals surface area contributed by atoms with E-state index in [1.54, 1.807) is 14.2 Å². The van der Waals surface area contributed by atoms with Crippen molar-refractivity contribution in [2.24, 2.45) is 5.92 Å². The molecule has 4 heteroatoms.